The lowest BCUT2D eigenvalue weighted by Gasteiger charge is -2.30. The fourth-order valence-electron chi connectivity index (χ4n) is 3.07. The topological polar surface area (TPSA) is 28.2 Å². The minimum atomic E-state index is -0.170. The molecule has 1 aromatic heterocycles. The zero-order chi connectivity index (χ0) is 15.2. The number of hydrogen-bond acceptors (Lipinski definition) is 3. The minimum absolute atomic E-state index is 0.170. The van der Waals surface area contributed by atoms with Crippen molar-refractivity contribution in [3.05, 3.63) is 65.7 Å². The number of aromatic nitrogens is 1. The molecule has 0 spiro atoms. The van der Waals surface area contributed by atoms with Crippen molar-refractivity contribution in [2.75, 3.05) is 26.2 Å². The van der Waals surface area contributed by atoms with E-state index in [9.17, 15) is 4.39 Å². The summed E-state index contributed by atoms with van der Waals surface area (Å²) >= 11 is 0. The molecule has 1 aliphatic rings. The molecule has 1 atom stereocenters. The average Bonchev–Trinajstić information content (AvgIpc) is 2.83. The number of nitrogens with one attached hydrogen (secondary N) is 1. The van der Waals surface area contributed by atoms with Crippen LogP contribution in [0.2, 0.25) is 0 Å². The molecule has 1 unspecified atom stereocenters. The van der Waals surface area contributed by atoms with Crippen LogP contribution >= 0.6 is 0 Å². The van der Waals surface area contributed by atoms with Crippen LogP contribution in [0.25, 0.3) is 0 Å². The van der Waals surface area contributed by atoms with Gasteiger partial charge in [0.1, 0.15) is 5.82 Å². The number of pyridine rings is 1. The Morgan fingerprint density at radius 2 is 2.09 bits per heavy atom. The summed E-state index contributed by atoms with van der Waals surface area (Å²) in [5, 5.41) is 3.43. The Kier molecular flexibility index (Phi) is 5.14. The van der Waals surface area contributed by atoms with E-state index < -0.39 is 0 Å². The highest BCUT2D eigenvalue weighted by atomic mass is 19.1. The smallest absolute Gasteiger partial charge is 0.123 e. The van der Waals surface area contributed by atoms with Gasteiger partial charge in [0.2, 0.25) is 0 Å². The third-order valence-corrected chi connectivity index (χ3v) is 4.18. The van der Waals surface area contributed by atoms with Gasteiger partial charge in [-0.25, -0.2) is 4.39 Å². The molecule has 0 bridgehead atoms. The first kappa shape index (κ1) is 15.1. The second kappa shape index (κ2) is 7.47. The molecule has 2 heterocycles. The fraction of sp³-hybridized carbons (Fsp3) is 0.389. The van der Waals surface area contributed by atoms with Crippen molar-refractivity contribution < 1.29 is 4.39 Å². The Balaban J connectivity index is 1.87. The molecular weight excluding hydrogens is 277 g/mol. The Bertz CT molecular complexity index is 580. The molecule has 4 heteroatoms. The average molecular weight is 299 g/mol. The summed E-state index contributed by atoms with van der Waals surface area (Å²) in [4.78, 5) is 6.90. The van der Waals surface area contributed by atoms with Crippen LogP contribution in [0.4, 0.5) is 4.39 Å². The standard InChI is InChI=1S/C18H22FN3/c19-16-6-3-5-15(13-16)18(14-17-7-1-2-9-21-17)22-11-4-8-20-10-12-22/h1-3,5-7,9,13,18,20H,4,8,10-12,14H2. The second-order valence-corrected chi connectivity index (χ2v) is 5.74. The van der Waals surface area contributed by atoms with E-state index in [1.807, 2.05) is 30.5 Å². The lowest BCUT2D eigenvalue weighted by atomic mass is 9.99. The number of hydrogen-bond donors (Lipinski definition) is 1. The molecule has 1 saturated heterocycles. The van der Waals surface area contributed by atoms with Crippen LogP contribution in [0.1, 0.15) is 23.7 Å². The second-order valence-electron chi connectivity index (χ2n) is 5.74. The van der Waals surface area contributed by atoms with Gasteiger partial charge in [-0.1, -0.05) is 18.2 Å². The number of halogens is 1. The van der Waals surface area contributed by atoms with Gasteiger partial charge in [-0.2, -0.15) is 0 Å². The molecule has 2 aromatic rings. The van der Waals surface area contributed by atoms with E-state index in [1.165, 1.54) is 6.07 Å². The third-order valence-electron chi connectivity index (χ3n) is 4.18. The molecule has 1 fully saturated rings. The minimum Gasteiger partial charge on any atom is -0.315 e. The maximum absolute atomic E-state index is 13.7. The van der Waals surface area contributed by atoms with Gasteiger partial charge in [0.15, 0.2) is 0 Å². The van der Waals surface area contributed by atoms with E-state index in [0.717, 1.165) is 50.3 Å². The molecule has 1 aromatic carbocycles. The summed E-state index contributed by atoms with van der Waals surface area (Å²) in [6.45, 7) is 4.04. The zero-order valence-corrected chi connectivity index (χ0v) is 12.7. The first-order chi connectivity index (χ1) is 10.8. The molecule has 3 nitrogen and oxygen atoms in total. The maximum Gasteiger partial charge on any atom is 0.123 e. The van der Waals surface area contributed by atoms with Gasteiger partial charge in [0, 0.05) is 44.0 Å². The predicted molar refractivity (Wildman–Crippen MR) is 86.1 cm³/mol. The van der Waals surface area contributed by atoms with Gasteiger partial charge < -0.3 is 5.32 Å². The Morgan fingerprint density at radius 3 is 2.91 bits per heavy atom. The van der Waals surface area contributed by atoms with Crippen molar-refractivity contribution in [1.82, 2.24) is 15.2 Å². The van der Waals surface area contributed by atoms with E-state index >= 15 is 0 Å². The lowest BCUT2D eigenvalue weighted by Crippen LogP contribution is -2.33. The SMILES string of the molecule is Fc1cccc(C(Cc2ccccn2)N2CCCNCC2)c1. The summed E-state index contributed by atoms with van der Waals surface area (Å²) in [5.41, 5.74) is 2.08. The van der Waals surface area contributed by atoms with Crippen LogP contribution in [0, 0.1) is 5.82 Å². The number of benzene rings is 1. The van der Waals surface area contributed by atoms with Crippen LogP contribution in [0.15, 0.2) is 48.7 Å². The summed E-state index contributed by atoms with van der Waals surface area (Å²) in [6.07, 6.45) is 3.75. The predicted octanol–water partition coefficient (Wildman–Crippen LogP) is 2.80. The molecule has 22 heavy (non-hydrogen) atoms. The van der Waals surface area contributed by atoms with Crippen LogP contribution < -0.4 is 5.32 Å². The number of rotatable bonds is 4. The van der Waals surface area contributed by atoms with Crippen molar-refractivity contribution in [2.24, 2.45) is 0 Å². The van der Waals surface area contributed by atoms with Crippen molar-refractivity contribution in [3.63, 3.8) is 0 Å². The molecule has 0 saturated carbocycles. The van der Waals surface area contributed by atoms with Crippen molar-refractivity contribution >= 4 is 0 Å². The van der Waals surface area contributed by atoms with Crippen LogP contribution in [0.5, 0.6) is 0 Å². The first-order valence-electron chi connectivity index (χ1n) is 7.93. The highest BCUT2D eigenvalue weighted by Crippen LogP contribution is 2.25. The Morgan fingerprint density at radius 1 is 1.14 bits per heavy atom. The largest absolute Gasteiger partial charge is 0.315 e. The van der Waals surface area contributed by atoms with Crippen LogP contribution in [-0.2, 0) is 6.42 Å². The quantitative estimate of drug-likeness (QED) is 0.941. The Labute approximate surface area is 131 Å². The molecule has 0 amide bonds. The molecule has 0 radical (unpaired) electrons. The van der Waals surface area contributed by atoms with Gasteiger partial charge in [0.05, 0.1) is 0 Å². The van der Waals surface area contributed by atoms with Gasteiger partial charge in [-0.05, 0) is 42.8 Å². The van der Waals surface area contributed by atoms with E-state index in [4.69, 9.17) is 0 Å². The molecule has 3 rings (SSSR count). The van der Waals surface area contributed by atoms with Gasteiger partial charge in [-0.15, -0.1) is 0 Å². The van der Waals surface area contributed by atoms with Gasteiger partial charge in [0.25, 0.3) is 0 Å². The van der Waals surface area contributed by atoms with E-state index in [2.05, 4.69) is 15.2 Å². The summed E-state index contributed by atoms with van der Waals surface area (Å²) in [6, 6.07) is 13.1. The lowest BCUT2D eigenvalue weighted by molar-refractivity contribution is 0.207. The van der Waals surface area contributed by atoms with Gasteiger partial charge in [-0.3, -0.25) is 9.88 Å². The van der Waals surface area contributed by atoms with Crippen LogP contribution in [0.3, 0.4) is 0 Å². The van der Waals surface area contributed by atoms with Gasteiger partial charge >= 0.3 is 0 Å². The third kappa shape index (κ3) is 3.90. The van der Waals surface area contributed by atoms with Crippen LogP contribution in [-0.4, -0.2) is 36.1 Å². The molecule has 0 aliphatic carbocycles. The normalized spacial score (nSPS) is 17.9. The highest BCUT2D eigenvalue weighted by Gasteiger charge is 2.22. The van der Waals surface area contributed by atoms with Crippen molar-refractivity contribution in [3.8, 4) is 0 Å². The van der Waals surface area contributed by atoms with Crippen molar-refractivity contribution in [1.29, 1.82) is 0 Å². The summed E-state index contributed by atoms with van der Waals surface area (Å²) in [7, 11) is 0. The highest BCUT2D eigenvalue weighted by molar-refractivity contribution is 5.22. The molecule has 116 valence electrons. The number of nitrogens with zero attached hydrogens (tertiary/aromatic N) is 2. The van der Waals surface area contributed by atoms with E-state index in [1.54, 1.807) is 12.1 Å². The zero-order valence-electron chi connectivity index (χ0n) is 12.7. The Hall–Kier alpha value is -1.78. The van der Waals surface area contributed by atoms with E-state index in [0.29, 0.717) is 0 Å². The molecule has 1 aliphatic heterocycles. The summed E-state index contributed by atoms with van der Waals surface area (Å²) < 4.78 is 13.7. The van der Waals surface area contributed by atoms with Crippen molar-refractivity contribution in [2.45, 2.75) is 18.9 Å². The maximum atomic E-state index is 13.7. The van der Waals surface area contributed by atoms with E-state index in [-0.39, 0.29) is 11.9 Å². The summed E-state index contributed by atoms with van der Waals surface area (Å²) in [5.74, 6) is -0.170. The first-order valence-corrected chi connectivity index (χ1v) is 7.93. The fourth-order valence-corrected chi connectivity index (χ4v) is 3.07. The molecule has 1 N–H and O–H groups in total. The monoisotopic (exact) mass is 299 g/mol. The molecular formula is C18H22FN3.